The highest BCUT2D eigenvalue weighted by Crippen LogP contribution is 2.38. The van der Waals surface area contributed by atoms with E-state index in [1.54, 1.807) is 13.0 Å². The highest BCUT2D eigenvalue weighted by Gasteiger charge is 2.37. The van der Waals surface area contributed by atoms with E-state index in [0.29, 0.717) is 11.3 Å². The lowest BCUT2D eigenvalue weighted by Crippen LogP contribution is -2.38. The Bertz CT molecular complexity index is 1010. The second-order valence-electron chi connectivity index (χ2n) is 6.96. The quantitative estimate of drug-likeness (QED) is 0.511. The number of ether oxygens (including phenoxy) is 1. The zero-order valence-electron chi connectivity index (χ0n) is 16.3. The molecule has 1 aliphatic rings. The molecule has 3 rings (SSSR count). The van der Waals surface area contributed by atoms with Crippen LogP contribution >= 0.6 is 0 Å². The predicted molar refractivity (Wildman–Crippen MR) is 105 cm³/mol. The molecule has 30 heavy (non-hydrogen) atoms. The topological polar surface area (TPSA) is 46.6 Å². The second kappa shape index (κ2) is 8.98. The molecule has 0 spiro atoms. The van der Waals surface area contributed by atoms with E-state index in [0.717, 1.165) is 18.2 Å². The third kappa shape index (κ3) is 4.62. The number of hydrogen-bond acceptors (Lipinski definition) is 3. The smallest absolute Gasteiger partial charge is 0.336 e. The van der Waals surface area contributed by atoms with Gasteiger partial charge in [0.15, 0.2) is 0 Å². The van der Waals surface area contributed by atoms with Gasteiger partial charge in [-0.2, -0.15) is 0 Å². The Hall–Kier alpha value is -3.35. The highest BCUT2D eigenvalue weighted by molar-refractivity contribution is 5.95. The summed E-state index contributed by atoms with van der Waals surface area (Å²) in [4.78, 5) is 26.9. The van der Waals surface area contributed by atoms with Crippen LogP contribution in [0.15, 0.2) is 66.4 Å². The maximum atomic E-state index is 13.8. The van der Waals surface area contributed by atoms with Crippen molar-refractivity contribution in [3.05, 3.63) is 95.0 Å². The van der Waals surface area contributed by atoms with Crippen LogP contribution in [0.5, 0.6) is 0 Å². The van der Waals surface area contributed by atoms with Crippen LogP contribution in [0.2, 0.25) is 0 Å². The molecule has 1 unspecified atom stereocenters. The SMILES string of the molecule is C=CCOC(=O)C1=C(C)N(Cc2cc(F)cc(F)c2)C(=O)CC1c1cccc(F)c1. The summed E-state index contributed by atoms with van der Waals surface area (Å²) in [7, 11) is 0. The van der Waals surface area contributed by atoms with Crippen molar-refractivity contribution in [2.24, 2.45) is 0 Å². The van der Waals surface area contributed by atoms with Gasteiger partial charge < -0.3 is 9.64 Å². The van der Waals surface area contributed by atoms with Crippen molar-refractivity contribution >= 4 is 11.9 Å². The van der Waals surface area contributed by atoms with E-state index >= 15 is 0 Å². The summed E-state index contributed by atoms with van der Waals surface area (Å²) in [5.74, 6) is -3.74. The zero-order chi connectivity index (χ0) is 21.8. The number of nitrogens with zero attached hydrogens (tertiary/aromatic N) is 1. The number of carbonyl (C=O) groups excluding carboxylic acids is 2. The third-order valence-corrected chi connectivity index (χ3v) is 4.89. The molecule has 0 N–H and O–H groups in total. The Morgan fingerprint density at radius 2 is 1.87 bits per heavy atom. The fraction of sp³-hybridized carbons (Fsp3) is 0.217. The van der Waals surface area contributed by atoms with Gasteiger partial charge in [-0.15, -0.1) is 0 Å². The van der Waals surface area contributed by atoms with Gasteiger partial charge in [-0.25, -0.2) is 18.0 Å². The van der Waals surface area contributed by atoms with Crippen molar-refractivity contribution in [3.63, 3.8) is 0 Å². The first-order chi connectivity index (χ1) is 14.3. The van der Waals surface area contributed by atoms with Gasteiger partial charge in [0, 0.05) is 24.1 Å². The molecule has 0 aromatic heterocycles. The number of amides is 1. The Labute approximate surface area is 172 Å². The summed E-state index contributed by atoms with van der Waals surface area (Å²) in [6, 6.07) is 8.65. The van der Waals surface area contributed by atoms with E-state index in [1.807, 2.05) is 0 Å². The molecule has 0 bridgehead atoms. The molecule has 1 amide bonds. The number of rotatable bonds is 6. The first-order valence-corrected chi connectivity index (χ1v) is 9.29. The van der Waals surface area contributed by atoms with Crippen LogP contribution in [0.4, 0.5) is 13.2 Å². The fourth-order valence-electron chi connectivity index (χ4n) is 3.57. The molecule has 156 valence electrons. The van der Waals surface area contributed by atoms with Crippen LogP contribution in [0, 0.1) is 17.5 Å². The molecule has 0 aliphatic carbocycles. The van der Waals surface area contributed by atoms with Gasteiger partial charge in [-0.1, -0.05) is 24.8 Å². The van der Waals surface area contributed by atoms with E-state index in [2.05, 4.69) is 6.58 Å². The van der Waals surface area contributed by atoms with E-state index in [-0.39, 0.29) is 36.6 Å². The molecular formula is C23H20F3NO3. The molecule has 1 heterocycles. The molecule has 2 aromatic carbocycles. The maximum absolute atomic E-state index is 13.8. The van der Waals surface area contributed by atoms with Gasteiger partial charge in [-0.05, 0) is 42.3 Å². The van der Waals surface area contributed by atoms with Crippen molar-refractivity contribution in [1.82, 2.24) is 4.90 Å². The number of benzene rings is 2. The summed E-state index contributed by atoms with van der Waals surface area (Å²) in [5, 5.41) is 0. The fourth-order valence-corrected chi connectivity index (χ4v) is 3.57. The van der Waals surface area contributed by atoms with E-state index in [1.165, 1.54) is 29.2 Å². The van der Waals surface area contributed by atoms with Crippen molar-refractivity contribution in [2.75, 3.05) is 6.61 Å². The second-order valence-corrected chi connectivity index (χ2v) is 6.96. The molecular weight excluding hydrogens is 395 g/mol. The minimum Gasteiger partial charge on any atom is -0.458 e. The van der Waals surface area contributed by atoms with Gasteiger partial charge >= 0.3 is 5.97 Å². The lowest BCUT2D eigenvalue weighted by Gasteiger charge is -2.34. The molecule has 2 aromatic rings. The van der Waals surface area contributed by atoms with Crippen molar-refractivity contribution in [1.29, 1.82) is 0 Å². The van der Waals surface area contributed by atoms with Crippen LogP contribution in [0.1, 0.15) is 30.4 Å². The van der Waals surface area contributed by atoms with Crippen molar-refractivity contribution in [2.45, 2.75) is 25.8 Å². The van der Waals surface area contributed by atoms with Crippen LogP contribution in [0.3, 0.4) is 0 Å². The standard InChI is InChI=1S/C23H20F3NO3/c1-3-7-30-23(29)22-14(2)27(13-15-8-18(25)11-19(26)9-15)21(28)12-20(22)16-5-4-6-17(24)10-16/h3-6,8-11,20H,1,7,12-13H2,2H3. The number of esters is 1. The van der Waals surface area contributed by atoms with Gasteiger partial charge in [0.2, 0.25) is 5.91 Å². The summed E-state index contributed by atoms with van der Waals surface area (Å²) in [5.41, 5.74) is 1.19. The predicted octanol–water partition coefficient (Wildman–Crippen LogP) is 4.62. The average molecular weight is 415 g/mol. The van der Waals surface area contributed by atoms with Crippen LogP contribution in [0.25, 0.3) is 0 Å². The first kappa shape index (κ1) is 21.4. The Morgan fingerprint density at radius 3 is 2.50 bits per heavy atom. The maximum Gasteiger partial charge on any atom is 0.336 e. The van der Waals surface area contributed by atoms with Gasteiger partial charge in [-0.3, -0.25) is 4.79 Å². The summed E-state index contributed by atoms with van der Waals surface area (Å²) >= 11 is 0. The van der Waals surface area contributed by atoms with Gasteiger partial charge in [0.05, 0.1) is 12.1 Å². The molecule has 4 nitrogen and oxygen atoms in total. The molecule has 0 radical (unpaired) electrons. The molecule has 1 atom stereocenters. The molecule has 0 saturated heterocycles. The van der Waals surface area contributed by atoms with E-state index in [4.69, 9.17) is 4.74 Å². The minimum atomic E-state index is -0.764. The normalized spacial score (nSPS) is 16.6. The van der Waals surface area contributed by atoms with Crippen LogP contribution < -0.4 is 0 Å². The van der Waals surface area contributed by atoms with Gasteiger partial charge in [0.25, 0.3) is 0 Å². The molecule has 1 aliphatic heterocycles. The van der Waals surface area contributed by atoms with Crippen LogP contribution in [-0.4, -0.2) is 23.4 Å². The summed E-state index contributed by atoms with van der Waals surface area (Å²) in [6.45, 7) is 4.91. The lowest BCUT2D eigenvalue weighted by molar-refractivity contribution is -0.139. The number of hydrogen-bond donors (Lipinski definition) is 0. The number of halogens is 3. The Kier molecular flexibility index (Phi) is 6.40. The monoisotopic (exact) mass is 415 g/mol. The lowest BCUT2D eigenvalue weighted by atomic mass is 9.83. The summed E-state index contributed by atoms with van der Waals surface area (Å²) in [6.07, 6.45) is 1.30. The summed E-state index contributed by atoms with van der Waals surface area (Å²) < 4.78 is 46.1. The van der Waals surface area contributed by atoms with Crippen molar-refractivity contribution < 1.29 is 27.5 Å². The Balaban J connectivity index is 2.04. The first-order valence-electron chi connectivity index (χ1n) is 9.29. The van der Waals surface area contributed by atoms with Crippen molar-refractivity contribution in [3.8, 4) is 0 Å². The molecule has 0 fully saturated rings. The van der Waals surface area contributed by atoms with E-state index < -0.39 is 29.3 Å². The Morgan fingerprint density at radius 1 is 1.17 bits per heavy atom. The largest absolute Gasteiger partial charge is 0.458 e. The van der Waals surface area contributed by atoms with Gasteiger partial charge in [0.1, 0.15) is 24.1 Å². The highest BCUT2D eigenvalue weighted by atomic mass is 19.1. The minimum absolute atomic E-state index is 0.0332. The molecule has 7 heteroatoms. The third-order valence-electron chi connectivity index (χ3n) is 4.89. The molecule has 0 saturated carbocycles. The number of allylic oxidation sites excluding steroid dienone is 1. The average Bonchev–Trinajstić information content (AvgIpc) is 2.68. The van der Waals surface area contributed by atoms with E-state index in [9.17, 15) is 22.8 Å². The zero-order valence-corrected chi connectivity index (χ0v) is 16.3. The number of carbonyl (C=O) groups is 2. The van der Waals surface area contributed by atoms with Crippen LogP contribution in [-0.2, 0) is 20.9 Å².